The molecule has 1 rings (SSSR count). The number of benzene rings is 1. The molecular weight excluding hydrogens is 314 g/mol. The number of methoxy groups -OCH3 is 1. The van der Waals surface area contributed by atoms with Gasteiger partial charge in [-0.3, -0.25) is 10.1 Å². The summed E-state index contributed by atoms with van der Waals surface area (Å²) in [5.74, 6) is 0. The van der Waals surface area contributed by atoms with Crippen molar-refractivity contribution in [3.63, 3.8) is 0 Å². The zero-order valence-electron chi connectivity index (χ0n) is 10.8. The summed E-state index contributed by atoms with van der Waals surface area (Å²) >= 11 is 3.33. The largest absolute Gasteiger partial charge is 0.383 e. The van der Waals surface area contributed by atoms with Crippen molar-refractivity contribution in [3.05, 3.63) is 32.8 Å². The zero-order valence-corrected chi connectivity index (χ0v) is 12.4. The van der Waals surface area contributed by atoms with Crippen LogP contribution in [0.2, 0.25) is 0 Å². The quantitative estimate of drug-likeness (QED) is 0.564. The first-order valence-corrected chi connectivity index (χ1v) is 6.77. The molecule has 0 amide bonds. The minimum absolute atomic E-state index is 0.0580. The molecule has 7 heteroatoms. The molecule has 0 bridgehead atoms. The Morgan fingerprint density at radius 3 is 2.84 bits per heavy atom. The Morgan fingerprint density at radius 2 is 2.32 bits per heavy atom. The van der Waals surface area contributed by atoms with Crippen LogP contribution < -0.4 is 11.1 Å². The van der Waals surface area contributed by atoms with Crippen molar-refractivity contribution in [2.45, 2.75) is 18.9 Å². The first-order chi connectivity index (χ1) is 9.08. The minimum atomic E-state index is -0.421. The molecule has 0 saturated carbocycles. The van der Waals surface area contributed by atoms with Crippen molar-refractivity contribution in [2.75, 3.05) is 25.6 Å². The summed E-state index contributed by atoms with van der Waals surface area (Å²) in [5, 5.41) is 14.0. The molecule has 6 nitrogen and oxygen atoms in total. The lowest BCUT2D eigenvalue weighted by atomic mass is 10.1. The highest BCUT2D eigenvalue weighted by Crippen LogP contribution is 2.28. The molecule has 1 atom stereocenters. The van der Waals surface area contributed by atoms with E-state index in [1.807, 2.05) is 0 Å². The number of nitrogens with one attached hydrogen (secondary N) is 1. The van der Waals surface area contributed by atoms with Crippen molar-refractivity contribution < 1.29 is 9.66 Å². The van der Waals surface area contributed by atoms with Crippen LogP contribution in [0.1, 0.15) is 12.8 Å². The van der Waals surface area contributed by atoms with E-state index in [4.69, 9.17) is 10.5 Å². The molecule has 19 heavy (non-hydrogen) atoms. The van der Waals surface area contributed by atoms with Gasteiger partial charge in [-0.05, 0) is 41.4 Å². The van der Waals surface area contributed by atoms with E-state index in [2.05, 4.69) is 21.2 Å². The summed E-state index contributed by atoms with van der Waals surface area (Å²) in [4.78, 5) is 10.2. The van der Waals surface area contributed by atoms with Crippen LogP contribution in [0.4, 0.5) is 11.4 Å². The van der Waals surface area contributed by atoms with Gasteiger partial charge in [0.2, 0.25) is 0 Å². The van der Waals surface area contributed by atoms with E-state index in [-0.39, 0.29) is 11.7 Å². The average molecular weight is 332 g/mol. The van der Waals surface area contributed by atoms with E-state index < -0.39 is 4.92 Å². The molecule has 0 heterocycles. The smallest absolute Gasteiger partial charge is 0.270 e. The van der Waals surface area contributed by atoms with Gasteiger partial charge >= 0.3 is 0 Å². The van der Waals surface area contributed by atoms with E-state index in [9.17, 15) is 10.1 Å². The Balaban J connectivity index is 2.75. The molecule has 1 aromatic carbocycles. The van der Waals surface area contributed by atoms with Crippen LogP contribution in [0.3, 0.4) is 0 Å². The first-order valence-electron chi connectivity index (χ1n) is 5.98. The highest BCUT2D eigenvalue weighted by molar-refractivity contribution is 9.10. The van der Waals surface area contributed by atoms with Gasteiger partial charge in [0.25, 0.3) is 5.69 Å². The number of hydrogen-bond donors (Lipinski definition) is 2. The average Bonchev–Trinajstić information content (AvgIpc) is 2.38. The molecular formula is C12H18BrN3O3. The number of ether oxygens (including phenoxy) is 1. The van der Waals surface area contributed by atoms with E-state index in [0.29, 0.717) is 17.6 Å². The lowest BCUT2D eigenvalue weighted by Crippen LogP contribution is -2.26. The predicted molar refractivity (Wildman–Crippen MR) is 78.4 cm³/mol. The molecule has 1 unspecified atom stereocenters. The fraction of sp³-hybridized carbons (Fsp3) is 0.500. The molecule has 0 radical (unpaired) electrons. The third-order valence-corrected chi connectivity index (χ3v) is 3.30. The van der Waals surface area contributed by atoms with Crippen LogP contribution in [0.25, 0.3) is 0 Å². The molecule has 0 aliphatic heterocycles. The van der Waals surface area contributed by atoms with E-state index in [1.165, 1.54) is 12.1 Å². The first kappa shape index (κ1) is 15.9. The normalized spacial score (nSPS) is 12.2. The number of hydrogen-bond acceptors (Lipinski definition) is 5. The lowest BCUT2D eigenvalue weighted by molar-refractivity contribution is -0.384. The highest BCUT2D eigenvalue weighted by atomic mass is 79.9. The number of non-ortho nitro benzene ring substituents is 1. The molecule has 0 aliphatic rings. The number of halogens is 1. The molecule has 0 fully saturated rings. The third kappa shape index (κ3) is 5.14. The minimum Gasteiger partial charge on any atom is -0.383 e. The third-order valence-electron chi connectivity index (χ3n) is 2.65. The number of nitrogens with zero attached hydrogens (tertiary/aromatic N) is 1. The molecule has 0 spiro atoms. The van der Waals surface area contributed by atoms with E-state index in [1.54, 1.807) is 13.2 Å². The Hall–Kier alpha value is -1.18. The topological polar surface area (TPSA) is 90.4 Å². The van der Waals surface area contributed by atoms with Crippen LogP contribution in [0.5, 0.6) is 0 Å². The van der Waals surface area contributed by atoms with Crippen LogP contribution in [-0.2, 0) is 4.74 Å². The second-order valence-corrected chi connectivity index (χ2v) is 5.00. The van der Waals surface area contributed by atoms with Gasteiger partial charge in [-0.1, -0.05) is 0 Å². The maximum absolute atomic E-state index is 10.7. The van der Waals surface area contributed by atoms with Gasteiger partial charge < -0.3 is 15.8 Å². The van der Waals surface area contributed by atoms with Crippen LogP contribution in [0.15, 0.2) is 22.7 Å². The Bertz CT molecular complexity index is 429. The molecule has 106 valence electrons. The SMILES string of the molecule is COCC(CCCN)Nc1ccc([N+](=O)[O-])cc1Br. The summed E-state index contributed by atoms with van der Waals surface area (Å²) in [6.07, 6.45) is 1.78. The predicted octanol–water partition coefficient (Wildman–Crippen LogP) is 2.52. The summed E-state index contributed by atoms with van der Waals surface area (Å²) in [6.45, 7) is 1.19. The van der Waals surface area contributed by atoms with Gasteiger partial charge in [0.1, 0.15) is 0 Å². The Kier molecular flexibility index (Phi) is 6.75. The summed E-state index contributed by atoms with van der Waals surface area (Å²) < 4.78 is 5.81. The number of anilines is 1. The van der Waals surface area contributed by atoms with Gasteiger partial charge in [-0.15, -0.1) is 0 Å². The standard InChI is InChI=1S/C12H18BrN3O3/c1-19-8-9(3-2-6-14)15-12-5-4-10(16(17)18)7-11(12)13/h4-5,7,9,15H,2-3,6,8,14H2,1H3. The van der Waals surface area contributed by atoms with Crippen LogP contribution in [0, 0.1) is 10.1 Å². The maximum atomic E-state index is 10.7. The number of nitro groups is 1. The molecule has 0 aliphatic carbocycles. The zero-order chi connectivity index (χ0) is 14.3. The second-order valence-electron chi connectivity index (χ2n) is 4.15. The van der Waals surface area contributed by atoms with Crippen molar-refractivity contribution >= 4 is 27.3 Å². The van der Waals surface area contributed by atoms with Crippen molar-refractivity contribution in [3.8, 4) is 0 Å². The molecule has 1 aromatic rings. The fourth-order valence-corrected chi connectivity index (χ4v) is 2.20. The van der Waals surface area contributed by atoms with Crippen molar-refractivity contribution in [1.29, 1.82) is 0 Å². The molecule has 0 aromatic heterocycles. The van der Waals surface area contributed by atoms with Crippen molar-refractivity contribution in [2.24, 2.45) is 5.73 Å². The number of nitrogens with two attached hydrogens (primary N) is 1. The molecule has 3 N–H and O–H groups in total. The van der Waals surface area contributed by atoms with Crippen molar-refractivity contribution in [1.82, 2.24) is 0 Å². The summed E-state index contributed by atoms with van der Waals surface area (Å²) in [5.41, 5.74) is 6.36. The van der Waals surface area contributed by atoms with E-state index in [0.717, 1.165) is 18.5 Å². The second kappa shape index (κ2) is 8.08. The van der Waals surface area contributed by atoms with Gasteiger partial charge in [-0.2, -0.15) is 0 Å². The Morgan fingerprint density at radius 1 is 1.58 bits per heavy atom. The lowest BCUT2D eigenvalue weighted by Gasteiger charge is -2.19. The maximum Gasteiger partial charge on any atom is 0.270 e. The van der Waals surface area contributed by atoms with Gasteiger partial charge in [-0.25, -0.2) is 0 Å². The summed E-state index contributed by atoms with van der Waals surface area (Å²) in [7, 11) is 1.64. The molecule has 0 saturated heterocycles. The summed E-state index contributed by atoms with van der Waals surface area (Å²) in [6, 6.07) is 4.77. The Labute approximate surface area is 120 Å². The van der Waals surface area contributed by atoms with Crippen LogP contribution in [-0.4, -0.2) is 31.2 Å². The van der Waals surface area contributed by atoms with Crippen LogP contribution >= 0.6 is 15.9 Å². The van der Waals surface area contributed by atoms with Gasteiger partial charge in [0.05, 0.1) is 11.5 Å². The fourth-order valence-electron chi connectivity index (χ4n) is 1.72. The van der Waals surface area contributed by atoms with E-state index >= 15 is 0 Å². The highest BCUT2D eigenvalue weighted by Gasteiger charge is 2.13. The monoisotopic (exact) mass is 331 g/mol. The van der Waals surface area contributed by atoms with Gasteiger partial charge in [0, 0.05) is 35.4 Å². The number of nitro benzene ring substituents is 1. The number of rotatable bonds is 8. The van der Waals surface area contributed by atoms with Gasteiger partial charge in [0.15, 0.2) is 0 Å².